The smallest absolute Gasteiger partial charge is 0.309 e. The Balaban J connectivity index is 2.15. The molecule has 0 saturated carbocycles. The van der Waals surface area contributed by atoms with Crippen LogP contribution in [0.2, 0.25) is 0 Å². The van der Waals surface area contributed by atoms with Crippen LogP contribution in [-0.4, -0.2) is 19.2 Å². The Kier molecular flexibility index (Phi) is 2.80. The van der Waals surface area contributed by atoms with Crippen LogP contribution in [0.3, 0.4) is 0 Å². The Labute approximate surface area is 113 Å². The van der Waals surface area contributed by atoms with E-state index in [1.54, 1.807) is 7.11 Å². The fraction of sp³-hybridized carbons (Fsp3) is 0.562. The lowest BCUT2D eigenvalue weighted by Crippen LogP contribution is -2.41. The lowest BCUT2D eigenvalue weighted by Gasteiger charge is -2.43. The molecule has 1 aromatic carbocycles. The fourth-order valence-corrected chi connectivity index (χ4v) is 3.49. The first-order valence-corrected chi connectivity index (χ1v) is 6.91. The van der Waals surface area contributed by atoms with Crippen LogP contribution in [0.4, 0.5) is 0 Å². The molecule has 4 atom stereocenters. The van der Waals surface area contributed by atoms with Crippen LogP contribution in [-0.2, 0) is 9.53 Å². The maximum Gasteiger partial charge on any atom is 0.309 e. The van der Waals surface area contributed by atoms with Gasteiger partial charge in [0.25, 0.3) is 0 Å². The second-order valence-corrected chi connectivity index (χ2v) is 5.85. The summed E-state index contributed by atoms with van der Waals surface area (Å²) in [5.74, 6) is 1.37. The average molecular weight is 260 g/mol. The molecule has 0 radical (unpaired) electrons. The van der Waals surface area contributed by atoms with Crippen LogP contribution in [0.5, 0.6) is 5.75 Å². The van der Waals surface area contributed by atoms with Crippen molar-refractivity contribution >= 4 is 5.97 Å². The molecular weight excluding hydrogens is 240 g/mol. The molecule has 1 fully saturated rings. The van der Waals surface area contributed by atoms with E-state index in [0.29, 0.717) is 5.92 Å². The van der Waals surface area contributed by atoms with Crippen molar-refractivity contribution in [2.75, 3.05) is 7.11 Å². The summed E-state index contributed by atoms with van der Waals surface area (Å²) in [4.78, 5) is 11.9. The molecule has 3 nitrogen and oxygen atoms in total. The topological polar surface area (TPSA) is 35.5 Å². The molecule has 1 aliphatic carbocycles. The van der Waals surface area contributed by atoms with E-state index in [1.807, 2.05) is 6.92 Å². The van der Waals surface area contributed by atoms with E-state index in [-0.39, 0.29) is 23.9 Å². The first-order chi connectivity index (χ1) is 9.02. The third kappa shape index (κ3) is 1.75. The molecule has 1 heterocycles. The van der Waals surface area contributed by atoms with Crippen molar-refractivity contribution in [2.45, 2.75) is 45.1 Å². The molecule has 19 heavy (non-hydrogen) atoms. The fourth-order valence-electron chi connectivity index (χ4n) is 3.49. The molecule has 1 aliphatic heterocycles. The molecule has 2 bridgehead atoms. The molecule has 0 aromatic heterocycles. The van der Waals surface area contributed by atoms with Crippen molar-refractivity contribution < 1.29 is 14.3 Å². The summed E-state index contributed by atoms with van der Waals surface area (Å²) in [5, 5.41) is 0. The number of hydrogen-bond acceptors (Lipinski definition) is 3. The third-order valence-corrected chi connectivity index (χ3v) is 4.78. The molecule has 0 N–H and O–H groups in total. The van der Waals surface area contributed by atoms with Crippen molar-refractivity contribution in [3.05, 3.63) is 28.8 Å². The Morgan fingerprint density at radius 2 is 1.95 bits per heavy atom. The van der Waals surface area contributed by atoms with Gasteiger partial charge in [0.2, 0.25) is 0 Å². The number of carbonyl (C=O) groups excluding carboxylic acids is 1. The lowest BCUT2D eigenvalue weighted by molar-refractivity contribution is -0.163. The zero-order valence-corrected chi connectivity index (χ0v) is 11.9. The van der Waals surface area contributed by atoms with Crippen LogP contribution in [0.1, 0.15) is 48.8 Å². The summed E-state index contributed by atoms with van der Waals surface area (Å²) in [7, 11) is 1.70. The normalized spacial score (nSPS) is 32.5. The number of aryl methyl sites for hydroxylation is 1. The Hall–Kier alpha value is -1.51. The van der Waals surface area contributed by atoms with E-state index < -0.39 is 0 Å². The van der Waals surface area contributed by atoms with Gasteiger partial charge in [-0.05, 0) is 36.1 Å². The molecule has 3 rings (SSSR count). The molecule has 1 aromatic rings. The maximum absolute atomic E-state index is 11.9. The summed E-state index contributed by atoms with van der Waals surface area (Å²) >= 11 is 0. The van der Waals surface area contributed by atoms with Crippen LogP contribution in [0, 0.1) is 12.8 Å². The van der Waals surface area contributed by atoms with E-state index in [4.69, 9.17) is 9.47 Å². The predicted molar refractivity (Wildman–Crippen MR) is 72.5 cm³/mol. The van der Waals surface area contributed by atoms with Crippen molar-refractivity contribution in [2.24, 2.45) is 5.92 Å². The highest BCUT2D eigenvalue weighted by molar-refractivity contribution is 5.75. The molecule has 1 saturated heterocycles. The molecular formula is C16H20O3. The third-order valence-electron chi connectivity index (χ3n) is 4.78. The van der Waals surface area contributed by atoms with E-state index in [0.717, 1.165) is 17.7 Å². The van der Waals surface area contributed by atoms with E-state index in [1.165, 1.54) is 11.1 Å². The minimum Gasteiger partial charge on any atom is -0.496 e. The highest BCUT2D eigenvalue weighted by atomic mass is 16.5. The van der Waals surface area contributed by atoms with Crippen LogP contribution < -0.4 is 4.74 Å². The number of ether oxygens (including phenoxy) is 2. The minimum atomic E-state index is -0.0489. The van der Waals surface area contributed by atoms with Gasteiger partial charge in [-0.15, -0.1) is 0 Å². The summed E-state index contributed by atoms with van der Waals surface area (Å²) in [6.45, 7) is 6.17. The largest absolute Gasteiger partial charge is 0.496 e. The summed E-state index contributed by atoms with van der Waals surface area (Å²) in [6, 6.07) is 4.32. The van der Waals surface area contributed by atoms with Gasteiger partial charge < -0.3 is 9.47 Å². The standard InChI is InChI=1S/C16H20O3/c1-8-5-13-11(6-14(8)18-4)9(2)15-7-12(13)10(3)16(17)19-15/h5-6,9-10,12,15H,7H2,1-4H3/t9-,10-,12+,15+/m1/s1. The van der Waals surface area contributed by atoms with Gasteiger partial charge in [0, 0.05) is 11.8 Å². The first kappa shape index (κ1) is 12.5. The Bertz CT molecular complexity index is 535. The first-order valence-electron chi connectivity index (χ1n) is 6.91. The van der Waals surface area contributed by atoms with Crippen molar-refractivity contribution in [3.63, 3.8) is 0 Å². The summed E-state index contributed by atoms with van der Waals surface area (Å²) in [5.41, 5.74) is 3.73. The average Bonchev–Trinajstić information content (AvgIpc) is 2.40. The minimum absolute atomic E-state index is 0.0219. The van der Waals surface area contributed by atoms with Crippen LogP contribution in [0.25, 0.3) is 0 Å². The number of hydrogen-bond donors (Lipinski definition) is 0. The monoisotopic (exact) mass is 260 g/mol. The molecule has 102 valence electrons. The zero-order valence-electron chi connectivity index (χ0n) is 11.9. The van der Waals surface area contributed by atoms with Crippen LogP contribution in [0.15, 0.2) is 12.1 Å². The maximum atomic E-state index is 11.9. The van der Waals surface area contributed by atoms with Gasteiger partial charge in [-0.1, -0.05) is 19.9 Å². The number of rotatable bonds is 1. The molecule has 0 spiro atoms. The van der Waals surface area contributed by atoms with Gasteiger partial charge in [-0.25, -0.2) is 0 Å². The second-order valence-electron chi connectivity index (χ2n) is 5.85. The summed E-state index contributed by atoms with van der Waals surface area (Å²) < 4.78 is 11.0. The van der Waals surface area contributed by atoms with Crippen molar-refractivity contribution in [1.29, 1.82) is 0 Å². The number of esters is 1. The molecule has 3 heteroatoms. The van der Waals surface area contributed by atoms with Gasteiger partial charge in [0.1, 0.15) is 11.9 Å². The summed E-state index contributed by atoms with van der Waals surface area (Å²) in [6.07, 6.45) is 0.973. The van der Waals surface area contributed by atoms with Gasteiger partial charge >= 0.3 is 5.97 Å². The van der Waals surface area contributed by atoms with Gasteiger partial charge in [0.15, 0.2) is 0 Å². The number of carbonyl (C=O) groups is 1. The van der Waals surface area contributed by atoms with Crippen molar-refractivity contribution in [3.8, 4) is 5.75 Å². The van der Waals surface area contributed by atoms with E-state index >= 15 is 0 Å². The number of benzene rings is 1. The van der Waals surface area contributed by atoms with Crippen LogP contribution >= 0.6 is 0 Å². The number of fused-ring (bicyclic) bond motifs is 4. The highest BCUT2D eigenvalue weighted by Crippen LogP contribution is 2.48. The molecule has 0 amide bonds. The highest BCUT2D eigenvalue weighted by Gasteiger charge is 2.44. The quantitative estimate of drug-likeness (QED) is 0.728. The van der Waals surface area contributed by atoms with E-state index in [2.05, 4.69) is 26.0 Å². The van der Waals surface area contributed by atoms with Gasteiger partial charge in [0.05, 0.1) is 13.0 Å². The van der Waals surface area contributed by atoms with Gasteiger partial charge in [-0.2, -0.15) is 0 Å². The van der Waals surface area contributed by atoms with E-state index in [9.17, 15) is 4.79 Å². The second kappa shape index (κ2) is 4.26. The molecule has 0 unspecified atom stereocenters. The number of methoxy groups -OCH3 is 1. The molecule has 2 aliphatic rings. The Morgan fingerprint density at radius 3 is 2.63 bits per heavy atom. The SMILES string of the molecule is COc1cc2c(cc1C)[C@H]1C[C@H](OC(=O)[C@@H]1C)[C@@H]2C. The van der Waals surface area contributed by atoms with Crippen molar-refractivity contribution in [1.82, 2.24) is 0 Å². The van der Waals surface area contributed by atoms with Gasteiger partial charge in [-0.3, -0.25) is 4.79 Å². The Morgan fingerprint density at radius 1 is 1.21 bits per heavy atom. The predicted octanol–water partition coefficient (Wildman–Crippen LogP) is 3.16. The zero-order chi connectivity index (χ0) is 13.7. The lowest BCUT2D eigenvalue weighted by atomic mass is 9.69.